The minimum atomic E-state index is 1.13. The molecule has 0 spiro atoms. The first-order valence-corrected chi connectivity index (χ1v) is 17.3. The van der Waals surface area contributed by atoms with Gasteiger partial charge in [0, 0.05) is 41.4 Å². The molecule has 0 unspecified atom stereocenters. The van der Waals surface area contributed by atoms with Crippen molar-refractivity contribution in [3.8, 4) is 54.3 Å². The lowest BCUT2D eigenvalue weighted by molar-refractivity contribution is 1.63. The Balaban J connectivity index is 1.37. The molecule has 1 aliphatic rings. The SMILES string of the molecule is C=Cc1ccc(-c2ccc3c4c(cccc24)-c2c-3c(-c3cc4ccccc4s3)c3ccccc3c2-c2cc3ccccc3s2)cc1. The molecule has 0 aliphatic heterocycles. The molecular weight excluding hydrogens is 593 g/mol. The van der Waals surface area contributed by atoms with Crippen molar-refractivity contribution in [3.63, 3.8) is 0 Å². The first-order chi connectivity index (χ1) is 22.8. The Morgan fingerprint density at radius 1 is 0.435 bits per heavy atom. The standard InChI is InChI=1S/C44H26S2/c1-2-26-18-20-27(21-19-26)30-22-23-35-40-31(30)14-9-15-34(40)43-41(38-24-28-10-3-7-16-36(28)45-38)32-12-5-6-13-33(32)42(44(35)43)39-25-29-11-4-8-17-37(29)46-39/h2-25H,1H2. The van der Waals surface area contributed by atoms with Gasteiger partial charge in [0.05, 0.1) is 0 Å². The first-order valence-electron chi connectivity index (χ1n) is 15.6. The Bertz CT molecular complexity index is 2510. The van der Waals surface area contributed by atoms with Crippen LogP contribution in [0.1, 0.15) is 5.56 Å². The van der Waals surface area contributed by atoms with Gasteiger partial charge in [0.2, 0.25) is 0 Å². The van der Waals surface area contributed by atoms with E-state index in [1.54, 1.807) is 0 Å². The summed E-state index contributed by atoms with van der Waals surface area (Å²) in [5.41, 5.74) is 11.7. The van der Waals surface area contributed by atoms with Crippen LogP contribution < -0.4 is 0 Å². The van der Waals surface area contributed by atoms with Crippen LogP contribution in [0.4, 0.5) is 0 Å². The largest absolute Gasteiger partial charge is 0.135 e. The fourth-order valence-electron chi connectivity index (χ4n) is 7.57. The number of rotatable bonds is 4. The molecule has 10 rings (SSSR count). The minimum Gasteiger partial charge on any atom is -0.135 e. The highest BCUT2D eigenvalue weighted by Gasteiger charge is 2.32. The third-order valence-corrected chi connectivity index (χ3v) is 11.9. The summed E-state index contributed by atoms with van der Waals surface area (Å²) >= 11 is 3.81. The predicted molar refractivity (Wildman–Crippen MR) is 203 cm³/mol. The Labute approximate surface area is 275 Å². The number of hydrogen-bond acceptors (Lipinski definition) is 2. The third-order valence-electron chi connectivity index (χ3n) is 9.60. The second-order valence-corrected chi connectivity index (χ2v) is 14.2. The Kier molecular flexibility index (Phi) is 5.57. The molecule has 46 heavy (non-hydrogen) atoms. The van der Waals surface area contributed by atoms with Crippen LogP contribution in [0.5, 0.6) is 0 Å². The minimum absolute atomic E-state index is 1.13. The highest BCUT2D eigenvalue weighted by molar-refractivity contribution is 7.23. The molecule has 9 aromatic rings. The van der Waals surface area contributed by atoms with Crippen molar-refractivity contribution in [2.24, 2.45) is 0 Å². The molecule has 0 nitrogen and oxygen atoms in total. The molecule has 0 saturated carbocycles. The van der Waals surface area contributed by atoms with Gasteiger partial charge in [-0.3, -0.25) is 0 Å². The maximum absolute atomic E-state index is 3.96. The molecule has 0 radical (unpaired) electrons. The van der Waals surface area contributed by atoms with Crippen LogP contribution in [0.2, 0.25) is 0 Å². The van der Waals surface area contributed by atoms with E-state index in [1.807, 2.05) is 28.7 Å². The van der Waals surface area contributed by atoms with Crippen molar-refractivity contribution in [3.05, 3.63) is 152 Å². The van der Waals surface area contributed by atoms with Crippen molar-refractivity contribution < 1.29 is 0 Å². The van der Waals surface area contributed by atoms with Gasteiger partial charge in [0.25, 0.3) is 0 Å². The lowest BCUT2D eigenvalue weighted by atomic mass is 9.86. The maximum atomic E-state index is 3.96. The Hall–Kier alpha value is -5.28. The van der Waals surface area contributed by atoms with E-state index < -0.39 is 0 Å². The van der Waals surface area contributed by atoms with Gasteiger partial charge in [-0.25, -0.2) is 0 Å². The molecule has 1 aliphatic carbocycles. The van der Waals surface area contributed by atoms with Gasteiger partial charge < -0.3 is 0 Å². The van der Waals surface area contributed by atoms with Crippen LogP contribution in [0.3, 0.4) is 0 Å². The van der Waals surface area contributed by atoms with Gasteiger partial charge >= 0.3 is 0 Å². The summed E-state index contributed by atoms with van der Waals surface area (Å²) < 4.78 is 2.64. The van der Waals surface area contributed by atoms with Crippen LogP contribution in [0.15, 0.2) is 146 Å². The molecule has 2 aromatic heterocycles. The van der Waals surface area contributed by atoms with Crippen LogP contribution in [-0.2, 0) is 0 Å². The van der Waals surface area contributed by atoms with E-state index in [4.69, 9.17) is 0 Å². The molecular formula is C44H26S2. The lowest BCUT2D eigenvalue weighted by Gasteiger charge is -2.18. The number of hydrogen-bond donors (Lipinski definition) is 0. The average molecular weight is 619 g/mol. The van der Waals surface area contributed by atoms with E-state index in [0.717, 1.165) is 5.56 Å². The fraction of sp³-hybridized carbons (Fsp3) is 0. The topological polar surface area (TPSA) is 0 Å². The second kappa shape index (κ2) is 9.86. The van der Waals surface area contributed by atoms with E-state index >= 15 is 0 Å². The van der Waals surface area contributed by atoms with Crippen molar-refractivity contribution in [1.29, 1.82) is 0 Å². The van der Waals surface area contributed by atoms with E-state index in [0.29, 0.717) is 0 Å². The molecule has 0 bridgehead atoms. The molecule has 0 N–H and O–H groups in total. The zero-order valence-electron chi connectivity index (χ0n) is 24.9. The number of fused-ring (bicyclic) bond motifs is 6. The highest BCUT2D eigenvalue weighted by Crippen LogP contribution is 2.60. The summed E-state index contributed by atoms with van der Waals surface area (Å²) in [6.45, 7) is 3.96. The highest BCUT2D eigenvalue weighted by atomic mass is 32.1. The molecule has 0 saturated heterocycles. The van der Waals surface area contributed by atoms with Gasteiger partial charge in [-0.15, -0.1) is 22.7 Å². The van der Waals surface area contributed by atoms with Gasteiger partial charge in [-0.2, -0.15) is 0 Å². The number of thiophene rings is 2. The zero-order valence-corrected chi connectivity index (χ0v) is 26.5. The molecule has 0 atom stereocenters. The molecule has 214 valence electrons. The summed E-state index contributed by atoms with van der Waals surface area (Å²) in [4.78, 5) is 2.64. The van der Waals surface area contributed by atoms with Crippen LogP contribution >= 0.6 is 22.7 Å². The van der Waals surface area contributed by atoms with E-state index in [9.17, 15) is 0 Å². The summed E-state index contributed by atoms with van der Waals surface area (Å²) in [7, 11) is 0. The predicted octanol–water partition coefficient (Wildman–Crippen LogP) is 13.7. The molecule has 7 aromatic carbocycles. The van der Waals surface area contributed by atoms with Crippen LogP contribution in [0.25, 0.3) is 102 Å². The molecule has 2 heterocycles. The van der Waals surface area contributed by atoms with E-state index in [-0.39, 0.29) is 0 Å². The first kappa shape index (κ1) is 26.0. The van der Waals surface area contributed by atoms with Gasteiger partial charge in [0.1, 0.15) is 0 Å². The Morgan fingerprint density at radius 2 is 0.957 bits per heavy atom. The fourth-order valence-corrected chi connectivity index (χ4v) is 9.83. The number of benzene rings is 7. The second-order valence-electron chi connectivity index (χ2n) is 12.1. The lowest BCUT2D eigenvalue weighted by Crippen LogP contribution is -1.91. The Morgan fingerprint density at radius 3 is 1.54 bits per heavy atom. The molecule has 0 fully saturated rings. The maximum Gasteiger partial charge on any atom is 0.0368 e. The van der Waals surface area contributed by atoms with Crippen LogP contribution in [-0.4, -0.2) is 0 Å². The summed E-state index contributed by atoms with van der Waals surface area (Å²) in [6.07, 6.45) is 1.91. The zero-order chi connectivity index (χ0) is 30.4. The summed E-state index contributed by atoms with van der Waals surface area (Å²) in [6, 6.07) is 51.8. The summed E-state index contributed by atoms with van der Waals surface area (Å²) in [5, 5.41) is 7.87. The quantitative estimate of drug-likeness (QED) is 0.184. The van der Waals surface area contributed by atoms with Crippen molar-refractivity contribution in [2.75, 3.05) is 0 Å². The van der Waals surface area contributed by atoms with Gasteiger partial charge in [-0.05, 0) is 84.4 Å². The average Bonchev–Trinajstić information content (AvgIpc) is 3.82. The molecule has 0 amide bonds. The van der Waals surface area contributed by atoms with E-state index in [2.05, 4.69) is 146 Å². The van der Waals surface area contributed by atoms with Crippen molar-refractivity contribution in [2.45, 2.75) is 0 Å². The van der Waals surface area contributed by atoms with Gasteiger partial charge in [0.15, 0.2) is 0 Å². The van der Waals surface area contributed by atoms with E-state index in [1.165, 1.54) is 96.0 Å². The van der Waals surface area contributed by atoms with Crippen LogP contribution in [0, 0.1) is 0 Å². The smallest absolute Gasteiger partial charge is 0.0368 e. The monoisotopic (exact) mass is 618 g/mol. The summed E-state index contributed by atoms with van der Waals surface area (Å²) in [5.74, 6) is 0. The normalized spacial score (nSPS) is 12.0. The van der Waals surface area contributed by atoms with Crippen molar-refractivity contribution >= 4 is 70.5 Å². The third kappa shape index (κ3) is 3.66. The van der Waals surface area contributed by atoms with Gasteiger partial charge in [-0.1, -0.05) is 128 Å². The van der Waals surface area contributed by atoms with Crippen molar-refractivity contribution in [1.82, 2.24) is 0 Å². The molecule has 2 heteroatoms.